The van der Waals surface area contributed by atoms with E-state index in [4.69, 9.17) is 21.1 Å². The van der Waals surface area contributed by atoms with Crippen LogP contribution in [0.5, 0.6) is 11.5 Å². The minimum atomic E-state index is -0.448. The molecule has 2 heterocycles. The maximum Gasteiger partial charge on any atom is 0.353 e. The van der Waals surface area contributed by atoms with Crippen molar-refractivity contribution in [1.82, 2.24) is 0 Å². The molecule has 0 unspecified atom stereocenters. The van der Waals surface area contributed by atoms with Gasteiger partial charge in [0.1, 0.15) is 16.4 Å². The fourth-order valence-electron chi connectivity index (χ4n) is 2.52. The highest BCUT2D eigenvalue weighted by Gasteiger charge is 2.28. The van der Waals surface area contributed by atoms with Crippen LogP contribution < -0.4 is 9.47 Å². The normalized spacial score (nSPS) is 14.2. The second-order valence-corrected chi connectivity index (χ2v) is 6.84. The Kier molecular flexibility index (Phi) is 4.32. The molecule has 0 saturated carbocycles. The third kappa shape index (κ3) is 3.14. The number of hydrogen-bond acceptors (Lipinski definition) is 5. The van der Waals surface area contributed by atoms with E-state index in [1.54, 1.807) is 47.9 Å². The Hall–Kier alpha value is -2.89. The minimum Gasteiger partial charge on any atom is -0.452 e. The summed E-state index contributed by atoms with van der Waals surface area (Å²) in [5.74, 6) is 0.153. The second-order valence-electron chi connectivity index (χ2n) is 5.49. The maximum absolute atomic E-state index is 12.5. The number of halogens is 1. The molecule has 4 rings (SSSR count). The average Bonchev–Trinajstić information content (AvgIpc) is 3.26. The number of carbonyl (C=O) groups excluding carboxylic acids is 2. The zero-order valence-electron chi connectivity index (χ0n) is 13.3. The van der Waals surface area contributed by atoms with Gasteiger partial charge in [-0.3, -0.25) is 4.79 Å². The number of fused-ring (bicyclic) bond motifs is 1. The summed E-state index contributed by atoms with van der Waals surface area (Å²) in [6, 6.07) is 15.3. The number of carbonyl (C=O) groups is 2. The molecule has 0 fully saturated rings. The van der Waals surface area contributed by atoms with Gasteiger partial charge >= 0.3 is 5.97 Å². The van der Waals surface area contributed by atoms with Crippen molar-refractivity contribution in [2.24, 2.45) is 0 Å². The Bertz CT molecular complexity index is 1040. The number of esters is 1. The van der Waals surface area contributed by atoms with E-state index >= 15 is 0 Å². The summed E-state index contributed by atoms with van der Waals surface area (Å²) in [5, 5.41) is 2.32. The van der Waals surface area contributed by atoms with Crippen LogP contribution in [-0.4, -0.2) is 11.8 Å². The molecule has 0 atom stereocenters. The number of thiophene rings is 1. The lowest BCUT2D eigenvalue weighted by atomic mass is 10.1. The van der Waals surface area contributed by atoms with E-state index in [-0.39, 0.29) is 11.5 Å². The van der Waals surface area contributed by atoms with Gasteiger partial charge in [-0.15, -0.1) is 11.3 Å². The highest BCUT2D eigenvalue weighted by Crippen LogP contribution is 2.35. The molecule has 1 aliphatic heterocycles. The van der Waals surface area contributed by atoms with Gasteiger partial charge in [-0.1, -0.05) is 35.9 Å². The molecular weight excluding hydrogens is 372 g/mol. The number of hydrogen-bond donors (Lipinski definition) is 0. The summed E-state index contributed by atoms with van der Waals surface area (Å²) in [6.45, 7) is 0. The van der Waals surface area contributed by atoms with Gasteiger partial charge in [-0.05, 0) is 41.3 Å². The first-order valence-corrected chi connectivity index (χ1v) is 8.96. The topological polar surface area (TPSA) is 52.6 Å². The molecule has 0 N–H and O–H groups in total. The molecule has 128 valence electrons. The summed E-state index contributed by atoms with van der Waals surface area (Å²) >= 11 is 7.42. The molecular formula is C20H11ClO4S. The van der Waals surface area contributed by atoms with Crippen LogP contribution in [0.4, 0.5) is 0 Å². The Labute approximate surface area is 158 Å². The van der Waals surface area contributed by atoms with Crippen molar-refractivity contribution < 1.29 is 19.1 Å². The van der Waals surface area contributed by atoms with Crippen LogP contribution in [-0.2, 0) is 0 Å². The predicted octanol–water partition coefficient (Wildman–Crippen LogP) is 5.24. The van der Waals surface area contributed by atoms with Gasteiger partial charge in [0.2, 0.25) is 5.78 Å². The molecule has 2 aromatic carbocycles. The Morgan fingerprint density at radius 2 is 1.96 bits per heavy atom. The molecule has 0 spiro atoms. The van der Waals surface area contributed by atoms with Crippen LogP contribution in [0.15, 0.2) is 65.7 Å². The number of allylic oxidation sites excluding steroid dienone is 1. The molecule has 4 nitrogen and oxygen atoms in total. The van der Waals surface area contributed by atoms with E-state index in [0.29, 0.717) is 32.5 Å². The van der Waals surface area contributed by atoms with Gasteiger partial charge in [0, 0.05) is 11.1 Å². The molecule has 0 aliphatic carbocycles. The van der Waals surface area contributed by atoms with Crippen molar-refractivity contribution in [2.45, 2.75) is 0 Å². The number of rotatable bonds is 3. The Morgan fingerprint density at radius 1 is 1.12 bits per heavy atom. The monoisotopic (exact) mass is 382 g/mol. The molecule has 0 amide bonds. The second kappa shape index (κ2) is 6.78. The molecule has 3 aromatic rings. The highest BCUT2D eigenvalue weighted by molar-refractivity contribution is 7.12. The van der Waals surface area contributed by atoms with Gasteiger partial charge in [-0.2, -0.15) is 0 Å². The highest BCUT2D eigenvalue weighted by atomic mass is 35.5. The fourth-order valence-corrected chi connectivity index (χ4v) is 3.31. The van der Waals surface area contributed by atoms with E-state index in [1.165, 1.54) is 17.4 Å². The fraction of sp³-hybridized carbons (Fsp3) is 0. The Morgan fingerprint density at radius 3 is 2.73 bits per heavy atom. The molecule has 1 aromatic heterocycles. The van der Waals surface area contributed by atoms with Crippen LogP contribution in [0.25, 0.3) is 6.08 Å². The largest absolute Gasteiger partial charge is 0.452 e. The van der Waals surface area contributed by atoms with E-state index < -0.39 is 5.97 Å². The number of benzene rings is 2. The van der Waals surface area contributed by atoms with Crippen LogP contribution in [0.2, 0.25) is 5.02 Å². The van der Waals surface area contributed by atoms with Crippen LogP contribution in [0, 0.1) is 0 Å². The van der Waals surface area contributed by atoms with Crippen molar-refractivity contribution in [3.05, 3.63) is 86.8 Å². The first kappa shape index (κ1) is 16.6. The number of Topliss-reactive ketones (excluding diaryl/α,β-unsaturated/α-hetero) is 1. The standard InChI is InChI=1S/C20H11ClO4S/c21-15-5-2-1-4-12(15)10-17-19(22)14-8-7-13(11-16(14)25-17)24-20(23)18-6-3-9-26-18/h1-11H/b17-10-. The number of ketones is 1. The predicted molar refractivity (Wildman–Crippen MR) is 100 cm³/mol. The van der Waals surface area contributed by atoms with Crippen molar-refractivity contribution in [3.8, 4) is 11.5 Å². The van der Waals surface area contributed by atoms with E-state index in [2.05, 4.69) is 0 Å². The summed E-state index contributed by atoms with van der Waals surface area (Å²) < 4.78 is 11.0. The van der Waals surface area contributed by atoms with Crippen LogP contribution >= 0.6 is 22.9 Å². The zero-order chi connectivity index (χ0) is 18.1. The van der Waals surface area contributed by atoms with Crippen molar-refractivity contribution in [1.29, 1.82) is 0 Å². The zero-order valence-corrected chi connectivity index (χ0v) is 14.8. The Balaban J connectivity index is 1.59. The first-order chi connectivity index (χ1) is 12.6. The lowest BCUT2D eigenvalue weighted by Gasteiger charge is -2.04. The van der Waals surface area contributed by atoms with Crippen molar-refractivity contribution >= 4 is 40.8 Å². The van der Waals surface area contributed by atoms with Crippen molar-refractivity contribution in [2.75, 3.05) is 0 Å². The molecule has 0 bridgehead atoms. The molecule has 1 aliphatic rings. The summed E-state index contributed by atoms with van der Waals surface area (Å²) in [7, 11) is 0. The van der Waals surface area contributed by atoms with Gasteiger partial charge in [-0.25, -0.2) is 4.79 Å². The SMILES string of the molecule is O=C(Oc1ccc2c(c1)O/C(=C\c1ccccc1Cl)C2=O)c1cccs1. The van der Waals surface area contributed by atoms with Gasteiger partial charge in [0.05, 0.1) is 5.56 Å². The van der Waals surface area contributed by atoms with Gasteiger partial charge < -0.3 is 9.47 Å². The third-order valence-corrected chi connectivity index (χ3v) is 4.96. The molecule has 6 heteroatoms. The summed E-state index contributed by atoms with van der Waals surface area (Å²) in [5.41, 5.74) is 1.11. The molecule has 0 saturated heterocycles. The van der Waals surface area contributed by atoms with Gasteiger partial charge in [0.15, 0.2) is 5.76 Å². The first-order valence-electron chi connectivity index (χ1n) is 7.70. The van der Waals surface area contributed by atoms with Crippen LogP contribution in [0.3, 0.4) is 0 Å². The van der Waals surface area contributed by atoms with Gasteiger partial charge in [0.25, 0.3) is 0 Å². The lowest BCUT2D eigenvalue weighted by Crippen LogP contribution is -2.06. The summed E-state index contributed by atoms with van der Waals surface area (Å²) in [4.78, 5) is 25.0. The minimum absolute atomic E-state index is 0.176. The average molecular weight is 383 g/mol. The summed E-state index contributed by atoms with van der Waals surface area (Å²) in [6.07, 6.45) is 1.60. The van der Waals surface area contributed by atoms with Crippen LogP contribution in [0.1, 0.15) is 25.6 Å². The third-order valence-electron chi connectivity index (χ3n) is 3.77. The maximum atomic E-state index is 12.5. The number of ether oxygens (including phenoxy) is 2. The van der Waals surface area contributed by atoms with Crippen molar-refractivity contribution in [3.63, 3.8) is 0 Å². The molecule has 26 heavy (non-hydrogen) atoms. The smallest absolute Gasteiger partial charge is 0.353 e. The lowest BCUT2D eigenvalue weighted by molar-refractivity contribution is 0.0739. The van der Waals surface area contributed by atoms with E-state index in [9.17, 15) is 9.59 Å². The van der Waals surface area contributed by atoms with E-state index in [0.717, 1.165) is 0 Å². The quantitative estimate of drug-likeness (QED) is 0.353. The molecule has 0 radical (unpaired) electrons. The van der Waals surface area contributed by atoms with E-state index in [1.807, 2.05) is 12.1 Å².